The summed E-state index contributed by atoms with van der Waals surface area (Å²) in [5, 5.41) is 10.6. The molecule has 0 saturated heterocycles. The van der Waals surface area contributed by atoms with Crippen molar-refractivity contribution >= 4 is 17.7 Å². The molecule has 0 amide bonds. The first kappa shape index (κ1) is 27.2. The molecule has 1 N–H and O–H groups in total. The van der Waals surface area contributed by atoms with Crippen LogP contribution in [0, 0.1) is 6.92 Å². The standard InChI is InChI=1S/C30H30N2O5S/c1-21-20-26(35-2)32-29(31-21)37-27(28(33)34)30(23-10-6-4-7-11-23,24-12-8-5-9-13-24)36-19-18-22-14-16-25(38-3)17-15-22/h4-17,20,27H,18-19H2,1-3H3,(H,33,34). The molecule has 4 rings (SSSR count). The second-order valence-electron chi connectivity index (χ2n) is 8.58. The zero-order chi connectivity index (χ0) is 27.0. The van der Waals surface area contributed by atoms with Gasteiger partial charge in [0.2, 0.25) is 12.0 Å². The predicted molar refractivity (Wildman–Crippen MR) is 147 cm³/mol. The van der Waals surface area contributed by atoms with Crippen molar-refractivity contribution in [2.24, 2.45) is 0 Å². The van der Waals surface area contributed by atoms with E-state index < -0.39 is 17.7 Å². The Bertz CT molecular complexity index is 1290. The van der Waals surface area contributed by atoms with Gasteiger partial charge in [-0.25, -0.2) is 9.78 Å². The summed E-state index contributed by atoms with van der Waals surface area (Å²) in [4.78, 5) is 22.7. The largest absolute Gasteiger partial charge is 0.481 e. The van der Waals surface area contributed by atoms with Crippen LogP contribution in [0.2, 0.25) is 0 Å². The molecular weight excluding hydrogens is 500 g/mol. The molecule has 0 saturated carbocycles. The van der Waals surface area contributed by atoms with E-state index in [2.05, 4.69) is 34.2 Å². The zero-order valence-electron chi connectivity index (χ0n) is 21.5. The Labute approximate surface area is 226 Å². The minimum Gasteiger partial charge on any atom is -0.481 e. The molecule has 0 spiro atoms. The van der Waals surface area contributed by atoms with Gasteiger partial charge in [0.25, 0.3) is 0 Å². The van der Waals surface area contributed by atoms with Crippen LogP contribution in [0.25, 0.3) is 0 Å². The summed E-state index contributed by atoms with van der Waals surface area (Å²) >= 11 is 1.68. The van der Waals surface area contributed by atoms with Crippen molar-refractivity contribution in [3.8, 4) is 11.9 Å². The Morgan fingerprint density at radius 2 is 1.55 bits per heavy atom. The van der Waals surface area contributed by atoms with Crippen LogP contribution in [-0.2, 0) is 21.6 Å². The Morgan fingerprint density at radius 1 is 0.947 bits per heavy atom. The van der Waals surface area contributed by atoms with Crippen LogP contribution < -0.4 is 9.47 Å². The van der Waals surface area contributed by atoms with Crippen LogP contribution in [0.4, 0.5) is 0 Å². The van der Waals surface area contributed by atoms with Gasteiger partial charge in [-0.05, 0) is 48.4 Å². The smallest absolute Gasteiger partial charge is 0.348 e. The van der Waals surface area contributed by atoms with Crippen molar-refractivity contribution in [1.29, 1.82) is 0 Å². The number of methoxy groups -OCH3 is 1. The Hall–Kier alpha value is -3.88. The van der Waals surface area contributed by atoms with Gasteiger partial charge in [-0.1, -0.05) is 72.8 Å². The van der Waals surface area contributed by atoms with Gasteiger partial charge in [-0.2, -0.15) is 4.98 Å². The summed E-state index contributed by atoms with van der Waals surface area (Å²) in [7, 11) is 1.48. The van der Waals surface area contributed by atoms with E-state index in [1.807, 2.05) is 66.9 Å². The molecule has 1 unspecified atom stereocenters. The predicted octanol–water partition coefficient (Wildman–Crippen LogP) is 5.55. The van der Waals surface area contributed by atoms with Crippen LogP contribution in [0.1, 0.15) is 22.4 Å². The van der Waals surface area contributed by atoms with Crippen molar-refractivity contribution in [1.82, 2.24) is 9.97 Å². The molecule has 0 bridgehead atoms. The maximum absolute atomic E-state index is 12.9. The lowest BCUT2D eigenvalue weighted by molar-refractivity contribution is -0.164. The first-order valence-corrected chi connectivity index (χ1v) is 13.4. The van der Waals surface area contributed by atoms with Crippen molar-refractivity contribution in [3.63, 3.8) is 0 Å². The third-order valence-corrected chi connectivity index (χ3v) is 6.86. The van der Waals surface area contributed by atoms with E-state index in [0.29, 0.717) is 23.2 Å². The van der Waals surface area contributed by atoms with E-state index in [4.69, 9.17) is 14.2 Å². The molecule has 196 valence electrons. The fraction of sp³-hybridized carbons (Fsp3) is 0.233. The Morgan fingerprint density at radius 3 is 2.08 bits per heavy atom. The Kier molecular flexibility index (Phi) is 8.99. The van der Waals surface area contributed by atoms with Crippen LogP contribution in [0.5, 0.6) is 11.9 Å². The van der Waals surface area contributed by atoms with Crippen LogP contribution in [0.3, 0.4) is 0 Å². The molecule has 7 nitrogen and oxygen atoms in total. The van der Waals surface area contributed by atoms with Crippen LogP contribution in [0.15, 0.2) is 95.9 Å². The second kappa shape index (κ2) is 12.6. The molecule has 0 fully saturated rings. The highest BCUT2D eigenvalue weighted by Crippen LogP contribution is 2.39. The number of hydrogen-bond acceptors (Lipinski definition) is 7. The lowest BCUT2D eigenvalue weighted by Gasteiger charge is -2.39. The molecule has 4 aromatic rings. The lowest BCUT2D eigenvalue weighted by Crippen LogP contribution is -2.51. The zero-order valence-corrected chi connectivity index (χ0v) is 22.4. The molecule has 1 atom stereocenters. The number of hydrogen-bond donors (Lipinski definition) is 1. The number of nitrogens with zero attached hydrogens (tertiary/aromatic N) is 2. The summed E-state index contributed by atoms with van der Waals surface area (Å²) in [6.07, 6.45) is 1.10. The summed E-state index contributed by atoms with van der Waals surface area (Å²) < 4.78 is 18.0. The molecule has 0 radical (unpaired) electrons. The van der Waals surface area contributed by atoms with E-state index in [-0.39, 0.29) is 18.5 Å². The van der Waals surface area contributed by atoms with E-state index in [0.717, 1.165) is 5.56 Å². The number of carboxylic acids is 1. The molecule has 38 heavy (non-hydrogen) atoms. The molecule has 8 heteroatoms. The fourth-order valence-electron chi connectivity index (χ4n) is 4.29. The van der Waals surface area contributed by atoms with Crippen molar-refractivity contribution in [2.75, 3.05) is 20.0 Å². The molecule has 0 aliphatic carbocycles. The number of benzene rings is 3. The van der Waals surface area contributed by atoms with Gasteiger partial charge in [-0.15, -0.1) is 11.8 Å². The third-order valence-electron chi connectivity index (χ3n) is 6.12. The van der Waals surface area contributed by atoms with Crippen molar-refractivity contribution in [3.05, 3.63) is 113 Å². The molecule has 1 heterocycles. The molecular formula is C30H30N2O5S. The minimum atomic E-state index is -1.52. The maximum atomic E-state index is 12.9. The summed E-state index contributed by atoms with van der Waals surface area (Å²) in [5.41, 5.74) is 1.42. The van der Waals surface area contributed by atoms with Crippen molar-refractivity contribution in [2.45, 2.75) is 29.9 Å². The van der Waals surface area contributed by atoms with E-state index in [1.165, 1.54) is 12.0 Å². The van der Waals surface area contributed by atoms with Crippen LogP contribution >= 0.6 is 11.8 Å². The summed E-state index contributed by atoms with van der Waals surface area (Å²) in [6.45, 7) is 2.00. The maximum Gasteiger partial charge on any atom is 0.348 e. The van der Waals surface area contributed by atoms with E-state index >= 15 is 0 Å². The normalized spacial score (nSPS) is 12.1. The third kappa shape index (κ3) is 6.15. The van der Waals surface area contributed by atoms with Gasteiger partial charge >= 0.3 is 12.0 Å². The first-order chi connectivity index (χ1) is 18.5. The number of aliphatic carboxylic acids is 1. The van der Waals surface area contributed by atoms with Crippen LogP contribution in [-0.4, -0.2) is 47.1 Å². The highest BCUT2D eigenvalue weighted by Gasteiger charge is 2.50. The highest BCUT2D eigenvalue weighted by molar-refractivity contribution is 7.98. The fourth-order valence-corrected chi connectivity index (χ4v) is 4.70. The second-order valence-corrected chi connectivity index (χ2v) is 9.46. The number of carboxylic acid groups (broad SMARTS) is 1. The monoisotopic (exact) mass is 530 g/mol. The molecule has 0 aliphatic heterocycles. The van der Waals surface area contributed by atoms with Crippen molar-refractivity contribution < 1.29 is 24.1 Å². The van der Waals surface area contributed by atoms with E-state index in [1.54, 1.807) is 24.8 Å². The number of ether oxygens (including phenoxy) is 3. The quantitative estimate of drug-likeness (QED) is 0.239. The first-order valence-electron chi connectivity index (χ1n) is 12.1. The van der Waals surface area contributed by atoms with Gasteiger partial charge in [-0.3, -0.25) is 0 Å². The summed E-state index contributed by atoms with van der Waals surface area (Å²) in [6, 6.07) is 28.3. The summed E-state index contributed by atoms with van der Waals surface area (Å²) in [5.74, 6) is -0.942. The van der Waals surface area contributed by atoms with Gasteiger partial charge < -0.3 is 19.3 Å². The Balaban J connectivity index is 1.80. The van der Waals surface area contributed by atoms with Gasteiger partial charge in [0.1, 0.15) is 0 Å². The number of thioether (sulfide) groups is 1. The van der Waals surface area contributed by atoms with Gasteiger partial charge in [0.05, 0.1) is 13.7 Å². The number of aryl methyl sites for hydroxylation is 1. The minimum absolute atomic E-state index is 0.109. The lowest BCUT2D eigenvalue weighted by atomic mass is 9.81. The number of aromatic nitrogens is 2. The number of rotatable bonds is 12. The number of carbonyl (C=O) groups is 1. The average molecular weight is 531 g/mol. The molecule has 1 aromatic heterocycles. The SMILES string of the molecule is COc1cc(C)nc(OC(C(=O)O)C(OCCc2ccc(SC)cc2)(c2ccccc2)c2ccccc2)n1. The highest BCUT2D eigenvalue weighted by atomic mass is 32.2. The van der Waals surface area contributed by atoms with E-state index in [9.17, 15) is 9.90 Å². The average Bonchev–Trinajstić information content (AvgIpc) is 2.95. The molecule has 0 aliphatic rings. The van der Waals surface area contributed by atoms with Gasteiger partial charge in [0, 0.05) is 16.7 Å². The topological polar surface area (TPSA) is 90.8 Å². The molecule has 3 aromatic carbocycles. The van der Waals surface area contributed by atoms with Gasteiger partial charge in [0.15, 0.2) is 5.60 Å².